The van der Waals surface area contributed by atoms with Crippen molar-refractivity contribution in [2.75, 3.05) is 7.11 Å². The van der Waals surface area contributed by atoms with Crippen molar-refractivity contribution in [3.05, 3.63) is 87.8 Å². The average molecular weight is 504 g/mol. The molecule has 0 aliphatic heterocycles. The largest absolute Gasteiger partial charge is 0.488 e. The van der Waals surface area contributed by atoms with Crippen LogP contribution in [0.4, 0.5) is 0 Å². The molecule has 2 aromatic carbocycles. The number of aromatic nitrogens is 3. The maximum Gasteiger partial charge on any atom is 0.138 e. The molecule has 0 spiro atoms. The maximum atomic E-state index is 6.84. The number of hydrogen-bond donors (Lipinski definition) is 0. The lowest BCUT2D eigenvalue weighted by Gasteiger charge is -2.24. The molecule has 0 unspecified atom stereocenters. The number of benzene rings is 2. The predicted molar refractivity (Wildman–Crippen MR) is 147 cm³/mol. The number of ether oxygens (including phenoxy) is 2. The van der Waals surface area contributed by atoms with Crippen molar-refractivity contribution in [1.82, 2.24) is 14.8 Å². The molecule has 0 amide bonds. The molecule has 2 aromatic heterocycles. The lowest BCUT2D eigenvalue weighted by atomic mass is 9.84. The molecule has 0 bridgehead atoms. The highest BCUT2D eigenvalue weighted by Gasteiger charge is 2.25. The van der Waals surface area contributed by atoms with Gasteiger partial charge in [-0.25, -0.2) is 4.68 Å². The zero-order chi connectivity index (χ0) is 26.0. The summed E-state index contributed by atoms with van der Waals surface area (Å²) in [5.74, 6) is 0.800. The van der Waals surface area contributed by atoms with Crippen LogP contribution in [0.1, 0.15) is 48.7 Å². The van der Waals surface area contributed by atoms with Gasteiger partial charge in [-0.2, -0.15) is 5.10 Å². The van der Waals surface area contributed by atoms with Gasteiger partial charge in [0.2, 0.25) is 0 Å². The quantitative estimate of drug-likeness (QED) is 0.259. The third kappa shape index (κ3) is 5.32. The number of pyridine rings is 1. The second-order valence-electron chi connectivity index (χ2n) is 10.2. The normalized spacial score (nSPS) is 11.7. The van der Waals surface area contributed by atoms with Crippen molar-refractivity contribution >= 4 is 11.6 Å². The topological polar surface area (TPSA) is 49.2 Å². The Labute approximate surface area is 219 Å². The first-order valence-corrected chi connectivity index (χ1v) is 12.5. The molecule has 5 nitrogen and oxygen atoms in total. The Morgan fingerprint density at radius 1 is 1.03 bits per heavy atom. The molecule has 0 fully saturated rings. The summed E-state index contributed by atoms with van der Waals surface area (Å²) in [5, 5.41) is 5.23. The summed E-state index contributed by atoms with van der Waals surface area (Å²) in [6.45, 7) is 13.5. The lowest BCUT2D eigenvalue weighted by molar-refractivity contribution is 0.120. The molecule has 188 valence electrons. The molecule has 6 heteroatoms. The van der Waals surface area contributed by atoms with E-state index in [-0.39, 0.29) is 5.41 Å². The maximum absolute atomic E-state index is 6.84. The SMILES string of the molecule is COCn1cc(-c2c(-c3cc(Cl)c(C(C)(C)C)cc3C)nc(C)c(C)c2OCc2ccccc2)cn1. The molecule has 0 N–H and O–H groups in total. The van der Waals surface area contributed by atoms with Crippen molar-refractivity contribution in [2.24, 2.45) is 0 Å². The first kappa shape index (κ1) is 25.9. The highest BCUT2D eigenvalue weighted by atomic mass is 35.5. The van der Waals surface area contributed by atoms with Crippen LogP contribution in [0.2, 0.25) is 5.02 Å². The minimum absolute atomic E-state index is 0.0644. The van der Waals surface area contributed by atoms with E-state index < -0.39 is 0 Å². The van der Waals surface area contributed by atoms with Crippen molar-refractivity contribution in [2.45, 2.75) is 60.3 Å². The number of nitrogens with zero attached hydrogens (tertiary/aromatic N) is 3. The molecule has 2 heterocycles. The van der Waals surface area contributed by atoms with Crippen LogP contribution in [0, 0.1) is 20.8 Å². The molecule has 4 rings (SSSR count). The summed E-state index contributed by atoms with van der Waals surface area (Å²) in [7, 11) is 1.65. The molecule has 0 atom stereocenters. The average Bonchev–Trinajstić information content (AvgIpc) is 3.29. The molecular formula is C30H34ClN3O2. The van der Waals surface area contributed by atoms with Crippen LogP contribution in [0.5, 0.6) is 5.75 Å². The van der Waals surface area contributed by atoms with E-state index in [4.69, 9.17) is 26.1 Å². The summed E-state index contributed by atoms with van der Waals surface area (Å²) in [4.78, 5) is 5.08. The molecule has 0 aliphatic rings. The Hall–Kier alpha value is -3.15. The van der Waals surface area contributed by atoms with Gasteiger partial charge in [0, 0.05) is 40.7 Å². The van der Waals surface area contributed by atoms with Gasteiger partial charge in [-0.15, -0.1) is 0 Å². The molecular weight excluding hydrogens is 470 g/mol. The van der Waals surface area contributed by atoms with Crippen LogP contribution in [-0.4, -0.2) is 21.9 Å². The number of halogens is 1. The van der Waals surface area contributed by atoms with Crippen LogP contribution < -0.4 is 4.74 Å². The lowest BCUT2D eigenvalue weighted by Crippen LogP contribution is -2.12. The number of methoxy groups -OCH3 is 1. The van der Waals surface area contributed by atoms with E-state index in [0.29, 0.717) is 13.3 Å². The minimum Gasteiger partial charge on any atom is -0.488 e. The van der Waals surface area contributed by atoms with Crippen molar-refractivity contribution < 1.29 is 9.47 Å². The van der Waals surface area contributed by atoms with E-state index in [2.05, 4.69) is 57.9 Å². The first-order valence-electron chi connectivity index (χ1n) is 12.1. The van der Waals surface area contributed by atoms with Crippen molar-refractivity contribution in [3.8, 4) is 28.1 Å². The molecule has 0 radical (unpaired) electrons. The van der Waals surface area contributed by atoms with Gasteiger partial charge < -0.3 is 9.47 Å². The van der Waals surface area contributed by atoms with E-state index in [1.54, 1.807) is 11.8 Å². The fourth-order valence-electron chi connectivity index (χ4n) is 4.35. The molecule has 0 saturated carbocycles. The molecule has 0 aliphatic carbocycles. The third-order valence-corrected chi connectivity index (χ3v) is 6.73. The predicted octanol–water partition coefficient (Wildman–Crippen LogP) is 7.67. The summed E-state index contributed by atoms with van der Waals surface area (Å²) in [5.41, 5.74) is 8.80. The van der Waals surface area contributed by atoms with Crippen LogP contribution >= 0.6 is 11.6 Å². The van der Waals surface area contributed by atoms with Crippen LogP contribution in [0.3, 0.4) is 0 Å². The van der Waals surface area contributed by atoms with Gasteiger partial charge in [0.1, 0.15) is 19.1 Å². The Morgan fingerprint density at radius 2 is 1.75 bits per heavy atom. The van der Waals surface area contributed by atoms with E-state index in [1.807, 2.05) is 43.6 Å². The second-order valence-corrected chi connectivity index (χ2v) is 10.6. The number of aryl methyl sites for hydroxylation is 2. The Kier molecular flexibility index (Phi) is 7.53. The van der Waals surface area contributed by atoms with Gasteiger partial charge >= 0.3 is 0 Å². The second kappa shape index (κ2) is 10.5. The monoisotopic (exact) mass is 503 g/mol. The van der Waals surface area contributed by atoms with Gasteiger partial charge in [-0.3, -0.25) is 4.98 Å². The summed E-state index contributed by atoms with van der Waals surface area (Å²) in [6, 6.07) is 14.4. The highest BCUT2D eigenvalue weighted by Crippen LogP contribution is 2.44. The van der Waals surface area contributed by atoms with Gasteiger partial charge in [-0.1, -0.05) is 68.8 Å². The minimum atomic E-state index is -0.0644. The number of hydrogen-bond acceptors (Lipinski definition) is 4. The fraction of sp³-hybridized carbons (Fsp3) is 0.333. The standard InChI is InChI=1S/C30H34ClN3O2/c1-19-13-25(30(4,5)6)26(31)14-24(19)28-27(23-15-32-34(16-23)18-35-7)29(20(2)21(3)33-28)36-17-22-11-9-8-10-12-22/h8-16H,17-18H2,1-7H3. The molecule has 0 saturated heterocycles. The van der Waals surface area contributed by atoms with Crippen LogP contribution in [0.25, 0.3) is 22.4 Å². The van der Waals surface area contributed by atoms with Crippen molar-refractivity contribution in [1.29, 1.82) is 0 Å². The first-order chi connectivity index (χ1) is 17.1. The molecule has 36 heavy (non-hydrogen) atoms. The van der Waals surface area contributed by atoms with Gasteiger partial charge in [0.25, 0.3) is 0 Å². The molecule has 4 aromatic rings. The Morgan fingerprint density at radius 3 is 2.42 bits per heavy atom. The highest BCUT2D eigenvalue weighted by molar-refractivity contribution is 6.31. The Bertz CT molecular complexity index is 1370. The van der Waals surface area contributed by atoms with Gasteiger partial charge in [0.15, 0.2) is 0 Å². The van der Waals surface area contributed by atoms with E-state index in [9.17, 15) is 0 Å². The summed E-state index contributed by atoms with van der Waals surface area (Å²) in [6.07, 6.45) is 3.80. The Balaban J connectivity index is 1.94. The van der Waals surface area contributed by atoms with Crippen LogP contribution in [-0.2, 0) is 23.5 Å². The van der Waals surface area contributed by atoms with Gasteiger partial charge in [0.05, 0.1) is 17.5 Å². The summed E-state index contributed by atoms with van der Waals surface area (Å²) >= 11 is 6.84. The van der Waals surface area contributed by atoms with E-state index >= 15 is 0 Å². The fourth-order valence-corrected chi connectivity index (χ4v) is 4.79. The third-order valence-electron chi connectivity index (χ3n) is 6.41. The zero-order valence-corrected chi connectivity index (χ0v) is 22.9. The summed E-state index contributed by atoms with van der Waals surface area (Å²) < 4.78 is 13.6. The van der Waals surface area contributed by atoms with Crippen LogP contribution in [0.15, 0.2) is 54.9 Å². The number of rotatable bonds is 7. The zero-order valence-electron chi connectivity index (χ0n) is 22.1. The van der Waals surface area contributed by atoms with E-state index in [1.165, 1.54) is 0 Å². The smallest absolute Gasteiger partial charge is 0.138 e. The van der Waals surface area contributed by atoms with Gasteiger partial charge in [-0.05, 0) is 48.9 Å². The van der Waals surface area contributed by atoms with Crippen molar-refractivity contribution in [3.63, 3.8) is 0 Å². The van der Waals surface area contributed by atoms with E-state index in [0.717, 1.165) is 61.1 Å².